The number of anilines is 1. The van der Waals surface area contributed by atoms with Crippen molar-refractivity contribution in [2.45, 2.75) is 32.2 Å². The van der Waals surface area contributed by atoms with Crippen LogP contribution < -0.4 is 11.1 Å². The van der Waals surface area contributed by atoms with Gasteiger partial charge in [-0.1, -0.05) is 6.42 Å². The van der Waals surface area contributed by atoms with Crippen molar-refractivity contribution in [1.82, 2.24) is 0 Å². The van der Waals surface area contributed by atoms with Crippen molar-refractivity contribution in [3.63, 3.8) is 0 Å². The molecule has 1 amide bonds. The molecule has 0 heterocycles. The van der Waals surface area contributed by atoms with Crippen LogP contribution in [0.5, 0.6) is 0 Å². The van der Waals surface area contributed by atoms with Crippen LogP contribution in [0.1, 0.15) is 24.8 Å². The van der Waals surface area contributed by atoms with E-state index in [-0.39, 0.29) is 23.7 Å². The van der Waals surface area contributed by atoms with Gasteiger partial charge in [-0.2, -0.15) is 0 Å². The fourth-order valence-electron chi connectivity index (χ4n) is 2.31. The van der Waals surface area contributed by atoms with Gasteiger partial charge in [-0.05, 0) is 43.5 Å². The summed E-state index contributed by atoms with van der Waals surface area (Å²) in [5.41, 5.74) is 7.26. The van der Waals surface area contributed by atoms with Gasteiger partial charge in [0.15, 0.2) is 0 Å². The number of rotatable bonds is 2. The highest BCUT2D eigenvalue weighted by Crippen LogP contribution is 2.26. The SMILES string of the molecule is Cc1cc(F)ccc1NC(=O)C1CCCC1N. The van der Waals surface area contributed by atoms with Crippen LogP contribution in [0.25, 0.3) is 0 Å². The van der Waals surface area contributed by atoms with Crippen LogP contribution in [0.3, 0.4) is 0 Å². The molecule has 92 valence electrons. The third-order valence-electron chi connectivity index (χ3n) is 3.35. The van der Waals surface area contributed by atoms with E-state index in [0.29, 0.717) is 5.69 Å². The van der Waals surface area contributed by atoms with Crippen LogP contribution >= 0.6 is 0 Å². The average molecular weight is 236 g/mol. The molecule has 1 aliphatic carbocycles. The first-order valence-corrected chi connectivity index (χ1v) is 5.90. The molecule has 2 unspecified atom stereocenters. The van der Waals surface area contributed by atoms with Crippen LogP contribution in [-0.2, 0) is 4.79 Å². The van der Waals surface area contributed by atoms with E-state index in [2.05, 4.69) is 5.32 Å². The standard InChI is InChI=1S/C13H17FN2O/c1-8-7-9(14)5-6-12(8)16-13(17)10-3-2-4-11(10)15/h5-7,10-11H,2-4,15H2,1H3,(H,16,17). The van der Waals surface area contributed by atoms with Crippen LogP contribution in [0, 0.1) is 18.7 Å². The molecule has 2 rings (SSSR count). The highest BCUT2D eigenvalue weighted by molar-refractivity contribution is 5.93. The number of carbonyl (C=O) groups is 1. The third kappa shape index (κ3) is 2.64. The minimum absolute atomic E-state index is 0.0456. The molecular weight excluding hydrogens is 219 g/mol. The van der Waals surface area contributed by atoms with Gasteiger partial charge in [-0.3, -0.25) is 4.79 Å². The van der Waals surface area contributed by atoms with E-state index in [1.807, 2.05) is 0 Å². The second kappa shape index (κ2) is 4.84. The lowest BCUT2D eigenvalue weighted by molar-refractivity contribution is -0.120. The highest BCUT2D eigenvalue weighted by Gasteiger charge is 2.30. The molecule has 0 radical (unpaired) electrons. The third-order valence-corrected chi connectivity index (χ3v) is 3.35. The molecule has 0 saturated heterocycles. The monoisotopic (exact) mass is 236 g/mol. The zero-order chi connectivity index (χ0) is 12.4. The minimum atomic E-state index is -0.293. The minimum Gasteiger partial charge on any atom is -0.327 e. The van der Waals surface area contributed by atoms with E-state index in [4.69, 9.17) is 5.73 Å². The molecule has 3 N–H and O–H groups in total. The van der Waals surface area contributed by atoms with Gasteiger partial charge in [0.05, 0.1) is 5.92 Å². The normalized spacial score (nSPS) is 23.7. The highest BCUT2D eigenvalue weighted by atomic mass is 19.1. The Balaban J connectivity index is 2.07. The molecule has 1 aromatic rings. The van der Waals surface area contributed by atoms with Crippen LogP contribution in [0.2, 0.25) is 0 Å². The van der Waals surface area contributed by atoms with Crippen molar-refractivity contribution in [3.05, 3.63) is 29.6 Å². The zero-order valence-electron chi connectivity index (χ0n) is 9.87. The Bertz CT molecular complexity index is 433. The van der Waals surface area contributed by atoms with E-state index in [1.165, 1.54) is 12.1 Å². The molecule has 1 aliphatic rings. The summed E-state index contributed by atoms with van der Waals surface area (Å²) < 4.78 is 12.9. The molecule has 0 aliphatic heterocycles. The fraction of sp³-hybridized carbons (Fsp3) is 0.462. The van der Waals surface area contributed by atoms with Crippen LogP contribution in [0.4, 0.5) is 10.1 Å². The molecule has 1 saturated carbocycles. The predicted molar refractivity (Wildman–Crippen MR) is 65.1 cm³/mol. The molecule has 0 bridgehead atoms. The number of nitrogens with two attached hydrogens (primary N) is 1. The van der Waals surface area contributed by atoms with Gasteiger partial charge in [0.1, 0.15) is 5.82 Å². The van der Waals surface area contributed by atoms with Crippen molar-refractivity contribution in [2.24, 2.45) is 11.7 Å². The number of amides is 1. The summed E-state index contributed by atoms with van der Waals surface area (Å²) in [5.74, 6) is -0.456. The van der Waals surface area contributed by atoms with Crippen molar-refractivity contribution in [2.75, 3.05) is 5.32 Å². The lowest BCUT2D eigenvalue weighted by atomic mass is 10.0. The van der Waals surface area contributed by atoms with Gasteiger partial charge < -0.3 is 11.1 Å². The summed E-state index contributed by atoms with van der Waals surface area (Å²) in [6.07, 6.45) is 2.75. The first-order valence-electron chi connectivity index (χ1n) is 5.90. The second-order valence-electron chi connectivity index (χ2n) is 4.65. The Morgan fingerprint density at radius 1 is 1.47 bits per heavy atom. The zero-order valence-corrected chi connectivity index (χ0v) is 9.87. The maximum absolute atomic E-state index is 12.9. The molecular formula is C13H17FN2O. The maximum Gasteiger partial charge on any atom is 0.229 e. The van der Waals surface area contributed by atoms with Crippen molar-refractivity contribution in [3.8, 4) is 0 Å². The summed E-state index contributed by atoms with van der Waals surface area (Å²) in [4.78, 5) is 12.0. The first-order chi connectivity index (χ1) is 8.08. The Morgan fingerprint density at radius 3 is 2.82 bits per heavy atom. The van der Waals surface area contributed by atoms with Gasteiger partial charge in [0.2, 0.25) is 5.91 Å². The van der Waals surface area contributed by atoms with E-state index in [1.54, 1.807) is 13.0 Å². The van der Waals surface area contributed by atoms with Gasteiger partial charge in [0.25, 0.3) is 0 Å². The number of benzene rings is 1. The topological polar surface area (TPSA) is 55.1 Å². The number of hydrogen-bond donors (Lipinski definition) is 2. The van der Waals surface area contributed by atoms with E-state index in [0.717, 1.165) is 24.8 Å². The maximum atomic E-state index is 12.9. The summed E-state index contributed by atoms with van der Waals surface area (Å²) in [6.45, 7) is 1.77. The first kappa shape index (κ1) is 12.0. The molecule has 2 atom stereocenters. The molecule has 17 heavy (non-hydrogen) atoms. The van der Waals surface area contributed by atoms with Gasteiger partial charge in [-0.25, -0.2) is 4.39 Å². The summed E-state index contributed by atoms with van der Waals surface area (Å²) in [6, 6.07) is 4.29. The average Bonchev–Trinajstić information content (AvgIpc) is 2.68. The summed E-state index contributed by atoms with van der Waals surface area (Å²) in [7, 11) is 0. The smallest absolute Gasteiger partial charge is 0.229 e. The van der Waals surface area contributed by atoms with E-state index < -0.39 is 0 Å². The molecule has 4 heteroatoms. The molecule has 0 spiro atoms. The van der Waals surface area contributed by atoms with E-state index >= 15 is 0 Å². The Kier molecular flexibility index (Phi) is 3.43. The van der Waals surface area contributed by atoms with Gasteiger partial charge in [-0.15, -0.1) is 0 Å². The molecule has 1 aromatic carbocycles. The second-order valence-corrected chi connectivity index (χ2v) is 4.65. The Hall–Kier alpha value is -1.42. The van der Waals surface area contributed by atoms with Gasteiger partial charge >= 0.3 is 0 Å². The van der Waals surface area contributed by atoms with E-state index in [9.17, 15) is 9.18 Å². The van der Waals surface area contributed by atoms with Crippen molar-refractivity contribution in [1.29, 1.82) is 0 Å². The number of nitrogens with one attached hydrogen (secondary N) is 1. The largest absolute Gasteiger partial charge is 0.327 e. The molecule has 0 aromatic heterocycles. The summed E-state index contributed by atoms with van der Waals surface area (Å²) in [5, 5.41) is 2.82. The predicted octanol–water partition coefficient (Wildman–Crippen LogP) is 2.20. The molecule has 1 fully saturated rings. The number of halogens is 1. The number of carbonyl (C=O) groups excluding carboxylic acids is 1. The number of hydrogen-bond acceptors (Lipinski definition) is 2. The quantitative estimate of drug-likeness (QED) is 0.827. The van der Waals surface area contributed by atoms with Crippen LogP contribution in [-0.4, -0.2) is 11.9 Å². The Labute approximate surface area is 100 Å². The van der Waals surface area contributed by atoms with Crippen molar-refractivity contribution >= 4 is 11.6 Å². The van der Waals surface area contributed by atoms with Crippen LogP contribution in [0.15, 0.2) is 18.2 Å². The fourth-order valence-corrected chi connectivity index (χ4v) is 2.31. The lowest BCUT2D eigenvalue weighted by Gasteiger charge is -2.16. The summed E-state index contributed by atoms with van der Waals surface area (Å²) >= 11 is 0. The lowest BCUT2D eigenvalue weighted by Crippen LogP contribution is -2.34. The Morgan fingerprint density at radius 2 is 2.24 bits per heavy atom. The molecule has 3 nitrogen and oxygen atoms in total. The number of aryl methyl sites for hydroxylation is 1. The van der Waals surface area contributed by atoms with Gasteiger partial charge in [0, 0.05) is 11.7 Å². The van der Waals surface area contributed by atoms with Crippen molar-refractivity contribution < 1.29 is 9.18 Å².